The van der Waals surface area contributed by atoms with E-state index < -0.39 is 5.82 Å². The Labute approximate surface area is 151 Å². The predicted octanol–water partition coefficient (Wildman–Crippen LogP) is 3.62. The fraction of sp³-hybridized carbons (Fsp3) is 0.526. The van der Waals surface area contributed by atoms with Crippen molar-refractivity contribution in [3.05, 3.63) is 41.7 Å². The maximum absolute atomic E-state index is 13.8. The number of hydrogen-bond acceptors (Lipinski definition) is 3. The molecule has 2 saturated carbocycles. The van der Waals surface area contributed by atoms with Gasteiger partial charge in [-0.25, -0.2) is 14.2 Å². The Morgan fingerprint density at radius 1 is 1.31 bits per heavy atom. The Morgan fingerprint density at radius 3 is 2.81 bits per heavy atom. The molecule has 5 rings (SSSR count). The molecular formula is C19H22FN5O. The number of rotatable bonds is 3. The van der Waals surface area contributed by atoms with E-state index in [0.717, 1.165) is 24.5 Å². The van der Waals surface area contributed by atoms with Crippen LogP contribution in [-0.2, 0) is 0 Å². The third kappa shape index (κ3) is 2.57. The molecule has 0 bridgehead atoms. The maximum Gasteiger partial charge on any atom is 0.321 e. The SMILES string of the molecule is O=C(Nc1ccccc1F)N1CC(c2nc(C3CC3)n[nH]2)C2(CCC2)C1. The molecule has 2 aliphatic carbocycles. The lowest BCUT2D eigenvalue weighted by Crippen LogP contribution is -2.39. The van der Waals surface area contributed by atoms with Crippen molar-refractivity contribution in [2.75, 3.05) is 18.4 Å². The van der Waals surface area contributed by atoms with E-state index in [2.05, 4.69) is 15.5 Å². The number of amides is 2. The largest absolute Gasteiger partial charge is 0.323 e. The average Bonchev–Trinajstić information content (AvgIpc) is 3.19. The molecule has 7 heteroatoms. The molecule has 136 valence electrons. The Morgan fingerprint density at radius 2 is 2.12 bits per heavy atom. The molecule has 2 N–H and O–H groups in total. The van der Waals surface area contributed by atoms with Crippen molar-refractivity contribution in [1.29, 1.82) is 0 Å². The molecule has 2 heterocycles. The second-order valence-electron chi connectivity index (χ2n) is 7.91. The molecule has 3 fully saturated rings. The van der Waals surface area contributed by atoms with Crippen molar-refractivity contribution in [3.8, 4) is 0 Å². The van der Waals surface area contributed by atoms with Crippen LogP contribution in [0, 0.1) is 11.2 Å². The van der Waals surface area contributed by atoms with Crippen LogP contribution in [0.1, 0.15) is 55.6 Å². The van der Waals surface area contributed by atoms with Gasteiger partial charge in [0, 0.05) is 24.9 Å². The van der Waals surface area contributed by atoms with E-state index in [9.17, 15) is 9.18 Å². The number of urea groups is 1. The topological polar surface area (TPSA) is 73.9 Å². The zero-order valence-corrected chi connectivity index (χ0v) is 14.5. The third-order valence-corrected chi connectivity index (χ3v) is 6.19. The first-order valence-electron chi connectivity index (χ1n) is 9.37. The molecular weight excluding hydrogens is 333 g/mol. The van der Waals surface area contributed by atoms with E-state index in [1.807, 2.05) is 0 Å². The van der Waals surface area contributed by atoms with Crippen molar-refractivity contribution >= 4 is 11.7 Å². The molecule has 1 aromatic carbocycles. The summed E-state index contributed by atoms with van der Waals surface area (Å²) in [6, 6.07) is 6.02. The molecule has 1 atom stereocenters. The van der Waals surface area contributed by atoms with Gasteiger partial charge in [0.25, 0.3) is 0 Å². The normalized spacial score (nSPS) is 23.9. The molecule has 0 radical (unpaired) electrons. The van der Waals surface area contributed by atoms with Crippen LogP contribution < -0.4 is 5.32 Å². The highest BCUT2D eigenvalue weighted by Crippen LogP contribution is 2.55. The number of benzene rings is 1. The first-order chi connectivity index (χ1) is 12.6. The lowest BCUT2D eigenvalue weighted by Gasteiger charge is -2.41. The van der Waals surface area contributed by atoms with Crippen LogP contribution in [-0.4, -0.2) is 39.2 Å². The summed E-state index contributed by atoms with van der Waals surface area (Å²) in [5.41, 5.74) is 0.312. The fourth-order valence-corrected chi connectivity index (χ4v) is 4.36. The van der Waals surface area contributed by atoms with Crippen molar-refractivity contribution < 1.29 is 9.18 Å². The second kappa shape index (κ2) is 5.79. The molecule has 1 spiro atoms. The average molecular weight is 355 g/mol. The smallest absolute Gasteiger partial charge is 0.321 e. The highest BCUT2D eigenvalue weighted by atomic mass is 19.1. The lowest BCUT2D eigenvalue weighted by atomic mass is 9.62. The number of carbonyl (C=O) groups excluding carboxylic acids is 1. The molecule has 1 aromatic heterocycles. The Balaban J connectivity index is 1.35. The van der Waals surface area contributed by atoms with Gasteiger partial charge in [-0.05, 0) is 43.2 Å². The second-order valence-corrected chi connectivity index (χ2v) is 7.91. The van der Waals surface area contributed by atoms with Crippen molar-refractivity contribution in [3.63, 3.8) is 0 Å². The third-order valence-electron chi connectivity index (χ3n) is 6.19. The van der Waals surface area contributed by atoms with Gasteiger partial charge in [-0.1, -0.05) is 18.6 Å². The minimum absolute atomic E-state index is 0.0902. The molecule has 2 amide bonds. The Kier molecular flexibility index (Phi) is 3.52. The number of aromatic nitrogens is 3. The van der Waals surface area contributed by atoms with Crippen LogP contribution >= 0.6 is 0 Å². The van der Waals surface area contributed by atoms with Gasteiger partial charge in [0.15, 0.2) is 5.82 Å². The van der Waals surface area contributed by atoms with Crippen LogP contribution in [0.25, 0.3) is 0 Å². The van der Waals surface area contributed by atoms with Crippen LogP contribution in [0.2, 0.25) is 0 Å². The summed E-state index contributed by atoms with van der Waals surface area (Å²) < 4.78 is 13.8. The van der Waals surface area contributed by atoms with E-state index in [0.29, 0.717) is 19.0 Å². The molecule has 1 unspecified atom stereocenters. The molecule has 1 saturated heterocycles. The number of nitrogens with zero attached hydrogens (tertiary/aromatic N) is 3. The van der Waals surface area contributed by atoms with Crippen LogP contribution in [0.3, 0.4) is 0 Å². The summed E-state index contributed by atoms with van der Waals surface area (Å²) in [7, 11) is 0. The summed E-state index contributed by atoms with van der Waals surface area (Å²) in [5, 5.41) is 10.2. The van der Waals surface area contributed by atoms with E-state index in [1.54, 1.807) is 23.1 Å². The van der Waals surface area contributed by atoms with Gasteiger partial charge in [0.2, 0.25) is 0 Å². The predicted molar refractivity (Wildman–Crippen MR) is 94.4 cm³/mol. The summed E-state index contributed by atoms with van der Waals surface area (Å²) in [5.74, 6) is 2.11. The number of likely N-dealkylation sites (tertiary alicyclic amines) is 1. The maximum atomic E-state index is 13.8. The quantitative estimate of drug-likeness (QED) is 0.883. The lowest BCUT2D eigenvalue weighted by molar-refractivity contribution is 0.122. The number of para-hydroxylation sites is 1. The fourth-order valence-electron chi connectivity index (χ4n) is 4.36. The van der Waals surface area contributed by atoms with Crippen LogP contribution in [0.15, 0.2) is 24.3 Å². The first kappa shape index (κ1) is 15.8. The standard InChI is InChI=1S/C19H22FN5O/c20-14-4-1-2-5-15(14)21-18(26)25-10-13(19(11-25)8-3-9-19)17-22-16(23-24-17)12-6-7-12/h1-2,4-5,12-13H,3,6-11H2,(H,21,26)(H,22,23,24). The Hall–Kier alpha value is -2.44. The van der Waals surface area contributed by atoms with Gasteiger partial charge in [-0.2, -0.15) is 5.10 Å². The number of halogens is 1. The number of hydrogen-bond donors (Lipinski definition) is 2. The van der Waals surface area contributed by atoms with E-state index in [1.165, 1.54) is 25.3 Å². The van der Waals surface area contributed by atoms with E-state index in [-0.39, 0.29) is 23.1 Å². The monoisotopic (exact) mass is 355 g/mol. The van der Waals surface area contributed by atoms with Crippen LogP contribution in [0.4, 0.5) is 14.9 Å². The number of anilines is 1. The minimum Gasteiger partial charge on any atom is -0.323 e. The highest BCUT2D eigenvalue weighted by Gasteiger charge is 2.53. The number of nitrogens with one attached hydrogen (secondary N) is 2. The van der Waals surface area contributed by atoms with Crippen LogP contribution in [0.5, 0.6) is 0 Å². The molecule has 1 aliphatic heterocycles. The van der Waals surface area contributed by atoms with E-state index in [4.69, 9.17) is 4.98 Å². The molecule has 26 heavy (non-hydrogen) atoms. The van der Waals surface area contributed by atoms with Crippen molar-refractivity contribution in [2.45, 2.75) is 43.9 Å². The van der Waals surface area contributed by atoms with Gasteiger partial charge in [0.05, 0.1) is 5.69 Å². The van der Waals surface area contributed by atoms with Gasteiger partial charge in [0.1, 0.15) is 11.6 Å². The van der Waals surface area contributed by atoms with Gasteiger partial charge >= 0.3 is 6.03 Å². The number of aromatic amines is 1. The van der Waals surface area contributed by atoms with Gasteiger partial charge < -0.3 is 10.2 Å². The van der Waals surface area contributed by atoms with Gasteiger partial charge in [-0.3, -0.25) is 5.10 Å². The minimum atomic E-state index is -0.417. The zero-order chi connectivity index (χ0) is 17.7. The summed E-state index contributed by atoms with van der Waals surface area (Å²) in [6.07, 6.45) is 5.72. The van der Waals surface area contributed by atoms with Gasteiger partial charge in [-0.15, -0.1) is 0 Å². The summed E-state index contributed by atoms with van der Waals surface area (Å²) in [6.45, 7) is 1.29. The highest BCUT2D eigenvalue weighted by molar-refractivity contribution is 5.89. The molecule has 3 aliphatic rings. The first-order valence-corrected chi connectivity index (χ1v) is 9.37. The number of carbonyl (C=O) groups is 1. The summed E-state index contributed by atoms with van der Waals surface area (Å²) >= 11 is 0. The summed E-state index contributed by atoms with van der Waals surface area (Å²) in [4.78, 5) is 19.2. The Bertz CT molecular complexity index is 842. The molecule has 6 nitrogen and oxygen atoms in total. The zero-order valence-electron chi connectivity index (χ0n) is 14.5. The van der Waals surface area contributed by atoms with E-state index >= 15 is 0 Å². The number of H-pyrrole nitrogens is 1. The van der Waals surface area contributed by atoms with Crippen molar-refractivity contribution in [2.24, 2.45) is 5.41 Å². The van der Waals surface area contributed by atoms with Crippen molar-refractivity contribution in [1.82, 2.24) is 20.1 Å². The molecule has 2 aromatic rings.